The molecular weight excluding hydrogens is 487 g/mol. The van der Waals surface area contributed by atoms with Crippen LogP contribution in [0.5, 0.6) is 0 Å². The van der Waals surface area contributed by atoms with E-state index < -0.39 is 48.1 Å². The Morgan fingerprint density at radius 3 is 2.75 bits per heavy atom. The first-order valence-corrected chi connectivity index (χ1v) is 14.5. The van der Waals surface area contributed by atoms with Gasteiger partial charge in [0.2, 0.25) is 5.91 Å². The maximum absolute atomic E-state index is 14.3. The Balaban J connectivity index is 1.50. The van der Waals surface area contributed by atoms with Crippen LogP contribution in [0.4, 0.5) is 4.39 Å². The highest BCUT2D eigenvalue weighted by Gasteiger charge is 2.50. The number of ether oxygens (including phenoxy) is 2. The predicted molar refractivity (Wildman–Crippen MR) is 136 cm³/mol. The van der Waals surface area contributed by atoms with Crippen molar-refractivity contribution < 1.29 is 34.0 Å². The van der Waals surface area contributed by atoms with Crippen LogP contribution in [0, 0.1) is 23.7 Å². The van der Waals surface area contributed by atoms with Crippen molar-refractivity contribution in [1.29, 1.82) is 0 Å². The lowest BCUT2D eigenvalue weighted by molar-refractivity contribution is -0.207. The van der Waals surface area contributed by atoms with Crippen molar-refractivity contribution in [2.45, 2.75) is 101 Å². The number of fused-ring (bicyclic) bond motifs is 3. The molecule has 10 heteroatoms. The Morgan fingerprint density at radius 1 is 1.22 bits per heavy atom. The molecule has 4 aliphatic heterocycles. The third kappa shape index (κ3) is 6.45. The first-order chi connectivity index (χ1) is 17.2. The van der Waals surface area contributed by atoms with Crippen LogP contribution < -0.4 is 10.6 Å². The van der Waals surface area contributed by atoms with Crippen molar-refractivity contribution in [3.05, 3.63) is 12.2 Å². The number of thioether (sulfide) groups is 1. The van der Waals surface area contributed by atoms with Gasteiger partial charge in [-0.1, -0.05) is 32.9 Å². The van der Waals surface area contributed by atoms with Gasteiger partial charge in [-0.3, -0.25) is 4.79 Å². The molecule has 3 saturated heterocycles. The van der Waals surface area contributed by atoms with Crippen LogP contribution in [0.3, 0.4) is 0 Å². The number of hydrogen-bond acceptors (Lipinski definition) is 8. The van der Waals surface area contributed by atoms with E-state index in [1.54, 1.807) is 6.08 Å². The zero-order valence-electron chi connectivity index (χ0n) is 21.5. The molecule has 8 nitrogen and oxygen atoms in total. The second kappa shape index (κ2) is 12.4. The van der Waals surface area contributed by atoms with Crippen LogP contribution in [-0.2, 0) is 14.3 Å². The van der Waals surface area contributed by atoms with E-state index in [1.165, 1.54) is 0 Å². The summed E-state index contributed by atoms with van der Waals surface area (Å²) >= 11 is 1.08. The number of rotatable bonds is 4. The van der Waals surface area contributed by atoms with Crippen LogP contribution in [-0.4, -0.2) is 94.3 Å². The molecule has 206 valence electrons. The first kappa shape index (κ1) is 28.3. The lowest BCUT2D eigenvalue weighted by Gasteiger charge is -2.44. The van der Waals surface area contributed by atoms with Crippen LogP contribution >= 0.6 is 11.8 Å². The molecule has 0 aliphatic carbocycles. The third-order valence-electron chi connectivity index (χ3n) is 8.06. The summed E-state index contributed by atoms with van der Waals surface area (Å²) < 4.78 is 26.5. The maximum Gasteiger partial charge on any atom is 0.240 e. The summed E-state index contributed by atoms with van der Waals surface area (Å²) in [5.74, 6) is 1.01. The number of amides is 1. The molecule has 4 rings (SSSR count). The molecule has 1 amide bonds. The number of aliphatic hydroxyl groups excluding tert-OH is 3. The molecule has 0 unspecified atom stereocenters. The van der Waals surface area contributed by atoms with Gasteiger partial charge in [0, 0.05) is 18.9 Å². The summed E-state index contributed by atoms with van der Waals surface area (Å²) in [6.07, 6.45) is 0.396. The minimum Gasteiger partial charge on any atom is -0.388 e. The minimum absolute atomic E-state index is 0.0945. The zero-order chi connectivity index (χ0) is 26.0. The quantitative estimate of drug-likeness (QED) is 0.346. The molecule has 0 aromatic carbocycles. The van der Waals surface area contributed by atoms with Crippen molar-refractivity contribution in [3.63, 3.8) is 0 Å². The van der Waals surface area contributed by atoms with E-state index in [0.717, 1.165) is 31.0 Å². The third-order valence-corrected chi connectivity index (χ3v) is 9.33. The van der Waals surface area contributed by atoms with Crippen LogP contribution in [0.15, 0.2) is 12.2 Å². The van der Waals surface area contributed by atoms with Crippen LogP contribution in [0.1, 0.15) is 46.5 Å². The normalized spacial score (nSPS) is 46.9. The van der Waals surface area contributed by atoms with Gasteiger partial charge in [-0.05, 0) is 49.4 Å². The van der Waals surface area contributed by atoms with E-state index >= 15 is 0 Å². The van der Waals surface area contributed by atoms with E-state index in [1.807, 2.05) is 13.0 Å². The number of allylic oxidation sites excluding steroid dienone is 1. The number of halogens is 1. The van der Waals surface area contributed by atoms with Crippen molar-refractivity contribution in [2.24, 2.45) is 23.7 Å². The van der Waals surface area contributed by atoms with Crippen molar-refractivity contribution in [2.75, 3.05) is 18.9 Å². The highest BCUT2D eigenvalue weighted by atomic mass is 32.2. The van der Waals surface area contributed by atoms with Crippen LogP contribution in [0.2, 0.25) is 0 Å². The number of alkyl halides is 1. The average molecular weight is 531 g/mol. The summed E-state index contributed by atoms with van der Waals surface area (Å²) in [6, 6.07) is -1.22. The second-order valence-corrected chi connectivity index (χ2v) is 12.6. The molecule has 36 heavy (non-hydrogen) atoms. The average Bonchev–Trinajstić information content (AvgIpc) is 3.10. The molecular formula is C26H43FN2O6S. The summed E-state index contributed by atoms with van der Waals surface area (Å²) in [5, 5.41) is 38.2. The molecule has 3 fully saturated rings. The lowest BCUT2D eigenvalue weighted by atomic mass is 9.85. The van der Waals surface area contributed by atoms with Crippen molar-refractivity contribution >= 4 is 17.7 Å². The number of hydrogen-bond donors (Lipinski definition) is 5. The standard InChI is InChI=1S/C26H43FN2O6S/c1-13(2)9-15-7-8-34-23-16(10-15)11-28-19(23)25(33)29-18-14(3)5-4-6-17(27)12-36-26-22(32)20(30)21(31)24(18)35-26/h4-5,13-24,26,28,30-32H,6-12H2,1-3H3,(H,29,33)/b5-4-/t14-,15+,16+,17-,18-,19+,20+,21-,22-,23-,24-,26-/m1/s1. The smallest absolute Gasteiger partial charge is 0.240 e. The van der Waals surface area contributed by atoms with E-state index in [9.17, 15) is 24.5 Å². The van der Waals surface area contributed by atoms with Gasteiger partial charge in [0.05, 0.1) is 12.1 Å². The summed E-state index contributed by atoms with van der Waals surface area (Å²) in [7, 11) is 0. The molecule has 0 aromatic heterocycles. The number of nitrogens with one attached hydrogen (secondary N) is 2. The molecule has 12 atom stereocenters. The van der Waals surface area contributed by atoms with E-state index in [4.69, 9.17) is 9.47 Å². The van der Waals surface area contributed by atoms with Gasteiger partial charge < -0.3 is 35.4 Å². The summed E-state index contributed by atoms with van der Waals surface area (Å²) in [6.45, 7) is 7.67. The fourth-order valence-corrected chi connectivity index (χ4v) is 7.27. The van der Waals surface area contributed by atoms with E-state index in [0.29, 0.717) is 25.0 Å². The van der Waals surface area contributed by atoms with Gasteiger partial charge in [0.1, 0.15) is 42.1 Å². The molecule has 4 aliphatic rings. The van der Waals surface area contributed by atoms with E-state index in [-0.39, 0.29) is 36.0 Å². The van der Waals surface area contributed by atoms with Gasteiger partial charge in [0.15, 0.2) is 0 Å². The Bertz CT molecular complexity index is 775. The largest absolute Gasteiger partial charge is 0.388 e. The topological polar surface area (TPSA) is 120 Å². The van der Waals surface area contributed by atoms with Crippen molar-refractivity contribution in [3.8, 4) is 0 Å². The Labute approximate surface area is 217 Å². The monoisotopic (exact) mass is 530 g/mol. The highest BCUT2D eigenvalue weighted by Crippen LogP contribution is 2.35. The molecule has 0 spiro atoms. The van der Waals surface area contributed by atoms with Gasteiger partial charge in [-0.2, -0.15) is 0 Å². The second-order valence-electron chi connectivity index (χ2n) is 11.4. The van der Waals surface area contributed by atoms with E-state index in [2.05, 4.69) is 24.5 Å². The fraction of sp³-hybridized carbons (Fsp3) is 0.885. The minimum atomic E-state index is -1.47. The Kier molecular flexibility index (Phi) is 9.74. The SMILES string of the molecule is CC(C)C[C@@H]1CCO[C@@H]2[C@H](CN[C@@H]2C(=O)N[C@H]2[C@H]3O[C@H](SC[C@H](F)C/C=C\[C@H]2C)[C@H](O)[C@@H](O)[C@H]3O)C1. The zero-order valence-corrected chi connectivity index (χ0v) is 22.3. The number of carbonyl (C=O) groups is 1. The maximum atomic E-state index is 14.3. The predicted octanol–water partition coefficient (Wildman–Crippen LogP) is 1.38. The molecule has 0 saturated carbocycles. The van der Waals surface area contributed by atoms with Gasteiger partial charge in [-0.15, -0.1) is 11.8 Å². The summed E-state index contributed by atoms with van der Waals surface area (Å²) in [5.41, 5.74) is -0.909. The number of carbonyl (C=O) groups excluding carboxylic acids is 1. The van der Waals surface area contributed by atoms with Gasteiger partial charge in [0.25, 0.3) is 0 Å². The molecule has 4 heterocycles. The van der Waals surface area contributed by atoms with Gasteiger partial charge >= 0.3 is 0 Å². The Morgan fingerprint density at radius 2 is 2.00 bits per heavy atom. The fourth-order valence-electron chi connectivity index (χ4n) is 6.17. The highest BCUT2D eigenvalue weighted by molar-refractivity contribution is 7.99. The lowest BCUT2D eigenvalue weighted by Crippen LogP contribution is -2.65. The summed E-state index contributed by atoms with van der Waals surface area (Å²) in [4.78, 5) is 13.6. The molecule has 0 radical (unpaired) electrons. The Hall–Kier alpha value is -0.750. The number of aliphatic hydroxyl groups is 3. The van der Waals surface area contributed by atoms with Gasteiger partial charge in [-0.25, -0.2) is 4.39 Å². The van der Waals surface area contributed by atoms with Crippen LogP contribution in [0.25, 0.3) is 0 Å². The molecule has 0 aromatic rings. The molecule has 2 bridgehead atoms. The van der Waals surface area contributed by atoms with Crippen molar-refractivity contribution in [1.82, 2.24) is 10.6 Å². The molecule has 5 N–H and O–H groups in total. The first-order valence-electron chi connectivity index (χ1n) is 13.4.